The van der Waals surface area contributed by atoms with Crippen molar-refractivity contribution >= 4 is 18.1 Å². The summed E-state index contributed by atoms with van der Waals surface area (Å²) >= 11 is 5.97. The van der Waals surface area contributed by atoms with E-state index in [0.29, 0.717) is 11.5 Å². The van der Waals surface area contributed by atoms with E-state index in [4.69, 9.17) is 16.3 Å². The van der Waals surface area contributed by atoms with Crippen LogP contribution in [0.1, 0.15) is 23.1 Å². The van der Waals surface area contributed by atoms with Gasteiger partial charge in [-0.15, -0.1) is 0 Å². The zero-order valence-electron chi connectivity index (χ0n) is 13.8. The second-order valence-electron chi connectivity index (χ2n) is 6.17. The van der Waals surface area contributed by atoms with Crippen LogP contribution in [-0.2, 0) is 9.53 Å². The third kappa shape index (κ3) is 3.04. The van der Waals surface area contributed by atoms with Crippen molar-refractivity contribution in [3.8, 4) is 12.1 Å². The van der Waals surface area contributed by atoms with Gasteiger partial charge in [-0.25, -0.2) is 0 Å². The molecule has 3 rings (SSSR count). The van der Waals surface area contributed by atoms with Gasteiger partial charge in [-0.1, -0.05) is 54.1 Å². The fourth-order valence-electron chi connectivity index (χ4n) is 3.69. The smallest absolute Gasteiger partial charge is 0.293 e. The van der Waals surface area contributed by atoms with Crippen molar-refractivity contribution in [1.29, 1.82) is 10.5 Å². The van der Waals surface area contributed by atoms with E-state index in [-0.39, 0.29) is 12.6 Å². The molecule has 5 nitrogen and oxygen atoms in total. The summed E-state index contributed by atoms with van der Waals surface area (Å²) in [6.45, 7) is 0.442. The van der Waals surface area contributed by atoms with Crippen molar-refractivity contribution < 1.29 is 9.53 Å². The van der Waals surface area contributed by atoms with Crippen molar-refractivity contribution in [1.82, 2.24) is 5.32 Å². The minimum Gasteiger partial charge on any atom is -0.466 e. The van der Waals surface area contributed by atoms with E-state index in [2.05, 4.69) is 17.5 Å². The Balaban J connectivity index is 2.12. The first-order valence-electron chi connectivity index (χ1n) is 8.10. The predicted octanol–water partition coefficient (Wildman–Crippen LogP) is 3.34. The normalized spacial score (nSPS) is 23.6. The Morgan fingerprint density at radius 2 is 1.73 bits per heavy atom. The topological polar surface area (TPSA) is 85.9 Å². The lowest BCUT2D eigenvalue weighted by Crippen LogP contribution is -2.32. The Morgan fingerprint density at radius 3 is 2.31 bits per heavy atom. The largest absolute Gasteiger partial charge is 0.466 e. The van der Waals surface area contributed by atoms with Crippen LogP contribution in [0.15, 0.2) is 54.6 Å². The summed E-state index contributed by atoms with van der Waals surface area (Å²) in [5.74, 6) is -0.459. The zero-order valence-corrected chi connectivity index (χ0v) is 14.6. The summed E-state index contributed by atoms with van der Waals surface area (Å²) in [5.41, 5.74) is 0.276. The summed E-state index contributed by atoms with van der Waals surface area (Å²) in [6.07, 6.45) is 0. The molecule has 1 aliphatic heterocycles. The van der Waals surface area contributed by atoms with Gasteiger partial charge in [0.2, 0.25) is 0 Å². The molecule has 0 amide bonds. The number of rotatable bonds is 5. The van der Waals surface area contributed by atoms with Crippen LogP contribution in [0, 0.1) is 28.1 Å². The molecule has 2 aromatic rings. The predicted molar refractivity (Wildman–Crippen MR) is 96.0 cm³/mol. The van der Waals surface area contributed by atoms with Crippen LogP contribution in [0.25, 0.3) is 0 Å². The number of carbonyl (C=O) groups excluding carboxylic acids is 1. The van der Waals surface area contributed by atoms with E-state index in [1.807, 2.05) is 30.3 Å². The summed E-state index contributed by atoms with van der Waals surface area (Å²) in [7, 11) is 0. The second-order valence-corrected chi connectivity index (χ2v) is 6.60. The molecule has 1 aliphatic rings. The molecule has 3 unspecified atom stereocenters. The SMILES string of the molecule is N#CC1(C#N)C(c2ccc(Cl)cc2)NC(COC=O)C1c1ccccc1. The first-order chi connectivity index (χ1) is 12.7. The Bertz CT molecular complexity index is 841. The summed E-state index contributed by atoms with van der Waals surface area (Å²) in [5, 5.41) is 24.0. The number of hydrogen-bond donors (Lipinski definition) is 1. The fraction of sp³-hybridized carbons (Fsp3) is 0.250. The van der Waals surface area contributed by atoms with Gasteiger partial charge in [0.25, 0.3) is 6.47 Å². The summed E-state index contributed by atoms with van der Waals surface area (Å²) in [6, 6.07) is 20.0. The van der Waals surface area contributed by atoms with Crippen molar-refractivity contribution in [2.75, 3.05) is 6.61 Å². The van der Waals surface area contributed by atoms with E-state index < -0.39 is 17.4 Å². The zero-order chi connectivity index (χ0) is 18.6. The van der Waals surface area contributed by atoms with E-state index in [0.717, 1.165) is 11.1 Å². The number of hydrogen-bond acceptors (Lipinski definition) is 5. The molecule has 3 atom stereocenters. The van der Waals surface area contributed by atoms with Crippen molar-refractivity contribution in [2.45, 2.75) is 18.0 Å². The van der Waals surface area contributed by atoms with Gasteiger partial charge in [0.05, 0.1) is 24.2 Å². The van der Waals surface area contributed by atoms with E-state index >= 15 is 0 Å². The lowest BCUT2D eigenvalue weighted by molar-refractivity contribution is -0.129. The van der Waals surface area contributed by atoms with E-state index in [9.17, 15) is 15.3 Å². The van der Waals surface area contributed by atoms with E-state index in [1.54, 1.807) is 24.3 Å². The quantitative estimate of drug-likeness (QED) is 0.821. The van der Waals surface area contributed by atoms with Crippen LogP contribution < -0.4 is 5.32 Å². The lowest BCUT2D eigenvalue weighted by atomic mass is 9.69. The molecular formula is C20H16ClN3O2. The first-order valence-corrected chi connectivity index (χ1v) is 8.48. The van der Waals surface area contributed by atoms with Gasteiger partial charge in [0.15, 0.2) is 5.41 Å². The van der Waals surface area contributed by atoms with Gasteiger partial charge >= 0.3 is 0 Å². The highest BCUT2D eigenvalue weighted by Crippen LogP contribution is 2.52. The Kier molecular flexibility index (Phi) is 5.23. The van der Waals surface area contributed by atoms with Crippen LogP contribution in [0.4, 0.5) is 0 Å². The highest BCUT2D eigenvalue weighted by Gasteiger charge is 2.57. The van der Waals surface area contributed by atoms with Crippen molar-refractivity contribution in [3.05, 3.63) is 70.7 Å². The van der Waals surface area contributed by atoms with Gasteiger partial charge in [0, 0.05) is 10.9 Å². The second kappa shape index (κ2) is 7.58. The lowest BCUT2D eigenvalue weighted by Gasteiger charge is -2.28. The van der Waals surface area contributed by atoms with Gasteiger partial charge in [-0.3, -0.25) is 4.79 Å². The molecule has 6 heteroatoms. The summed E-state index contributed by atoms with van der Waals surface area (Å²) < 4.78 is 4.97. The van der Waals surface area contributed by atoms with Crippen LogP contribution in [0.2, 0.25) is 5.02 Å². The molecule has 26 heavy (non-hydrogen) atoms. The van der Waals surface area contributed by atoms with Crippen LogP contribution >= 0.6 is 11.6 Å². The minimum atomic E-state index is -1.36. The van der Waals surface area contributed by atoms with Crippen molar-refractivity contribution in [3.63, 3.8) is 0 Å². The van der Waals surface area contributed by atoms with Crippen LogP contribution in [0.3, 0.4) is 0 Å². The molecule has 130 valence electrons. The van der Waals surface area contributed by atoms with Crippen molar-refractivity contribution in [2.24, 2.45) is 5.41 Å². The van der Waals surface area contributed by atoms with Gasteiger partial charge in [-0.2, -0.15) is 10.5 Å². The number of benzene rings is 2. The Labute approximate surface area is 156 Å². The van der Waals surface area contributed by atoms with Crippen LogP contribution in [0.5, 0.6) is 0 Å². The molecule has 2 aromatic carbocycles. The number of nitriles is 2. The molecule has 0 radical (unpaired) electrons. The molecule has 0 aliphatic carbocycles. The first kappa shape index (κ1) is 17.9. The van der Waals surface area contributed by atoms with Gasteiger partial charge in [-0.05, 0) is 23.3 Å². The molecular weight excluding hydrogens is 350 g/mol. The molecule has 1 saturated heterocycles. The molecule has 1 fully saturated rings. The Morgan fingerprint density at radius 1 is 1.08 bits per heavy atom. The molecule has 0 spiro atoms. The number of halogens is 1. The maximum atomic E-state index is 10.7. The molecule has 0 saturated carbocycles. The highest BCUT2D eigenvalue weighted by molar-refractivity contribution is 6.30. The molecule has 0 bridgehead atoms. The third-order valence-electron chi connectivity index (χ3n) is 4.80. The third-order valence-corrected chi connectivity index (χ3v) is 5.06. The number of nitrogens with zero attached hydrogens (tertiary/aromatic N) is 2. The standard InChI is InChI=1S/C20H16ClN3O2/c21-16-8-6-15(7-9-16)19-20(11-22,12-23)18(14-4-2-1-3-5-14)17(24-19)10-26-13-25/h1-9,13,17-19,24H,10H2. The van der Waals surface area contributed by atoms with Gasteiger partial charge in [0.1, 0.15) is 6.61 Å². The average molecular weight is 366 g/mol. The maximum absolute atomic E-state index is 10.7. The maximum Gasteiger partial charge on any atom is 0.293 e. The average Bonchev–Trinajstić information content (AvgIpc) is 3.02. The monoisotopic (exact) mass is 365 g/mol. The van der Waals surface area contributed by atoms with E-state index in [1.165, 1.54) is 0 Å². The number of ether oxygens (including phenoxy) is 1. The van der Waals surface area contributed by atoms with Gasteiger partial charge < -0.3 is 10.1 Å². The van der Waals surface area contributed by atoms with Crippen LogP contribution in [-0.4, -0.2) is 19.1 Å². The Hall–Kier alpha value is -2.86. The highest BCUT2D eigenvalue weighted by atomic mass is 35.5. The molecule has 1 heterocycles. The minimum absolute atomic E-state index is 0.0677. The number of nitrogens with one attached hydrogen (secondary N) is 1. The fourth-order valence-corrected chi connectivity index (χ4v) is 3.82. The number of carbonyl (C=O) groups is 1. The molecule has 0 aromatic heterocycles. The molecule has 1 N–H and O–H groups in total. The summed E-state index contributed by atoms with van der Waals surface area (Å²) in [4.78, 5) is 10.7.